The summed E-state index contributed by atoms with van der Waals surface area (Å²) in [6, 6.07) is 0. The first-order valence-corrected chi connectivity index (χ1v) is 3.85. The Bertz CT molecular complexity index is 131. The number of aldehydes is 1. The van der Waals surface area contributed by atoms with Crippen LogP contribution < -0.4 is 0 Å². The third-order valence-electron chi connectivity index (χ3n) is 2.97. The minimum Gasteiger partial charge on any atom is -0.303 e. The quantitative estimate of drug-likeness (QED) is 0.485. The van der Waals surface area contributed by atoms with Crippen LogP contribution in [0.3, 0.4) is 0 Å². The van der Waals surface area contributed by atoms with E-state index in [9.17, 15) is 4.79 Å². The summed E-state index contributed by atoms with van der Waals surface area (Å²) in [6.07, 6.45) is 6.45. The molecule has 3 atom stereocenters. The molecule has 2 aliphatic rings. The average molecular weight is 124 g/mol. The zero-order valence-electron chi connectivity index (χ0n) is 5.55. The van der Waals surface area contributed by atoms with E-state index in [0.29, 0.717) is 5.92 Å². The Hall–Kier alpha value is -0.330. The van der Waals surface area contributed by atoms with Crippen molar-refractivity contribution >= 4 is 6.29 Å². The van der Waals surface area contributed by atoms with Crippen molar-refractivity contribution in [2.24, 2.45) is 17.8 Å². The number of fused-ring (bicyclic) bond motifs is 2. The Morgan fingerprint density at radius 1 is 1.22 bits per heavy atom. The van der Waals surface area contributed by atoms with Crippen LogP contribution in [0, 0.1) is 17.8 Å². The molecule has 0 aromatic rings. The monoisotopic (exact) mass is 124 g/mol. The van der Waals surface area contributed by atoms with Gasteiger partial charge in [0, 0.05) is 5.92 Å². The van der Waals surface area contributed by atoms with Gasteiger partial charge in [-0.05, 0) is 31.1 Å². The number of rotatable bonds is 1. The Morgan fingerprint density at radius 2 is 2.11 bits per heavy atom. The molecule has 0 saturated heterocycles. The standard InChI is InChI=1S/C8H12O/c9-5-8-4-6-1-2-7(8)3-6/h5-8H,1-4H2/t6-,7+,8+/m0/s1. The molecule has 0 amide bonds. The lowest BCUT2D eigenvalue weighted by atomic mass is 9.90. The Labute approximate surface area is 55.4 Å². The maximum atomic E-state index is 10.4. The summed E-state index contributed by atoms with van der Waals surface area (Å²) in [4.78, 5) is 10.4. The molecule has 0 aromatic carbocycles. The zero-order valence-corrected chi connectivity index (χ0v) is 5.55. The van der Waals surface area contributed by atoms with E-state index in [1.807, 2.05) is 0 Å². The van der Waals surface area contributed by atoms with E-state index in [2.05, 4.69) is 0 Å². The van der Waals surface area contributed by atoms with Gasteiger partial charge in [0.2, 0.25) is 0 Å². The van der Waals surface area contributed by atoms with Gasteiger partial charge >= 0.3 is 0 Å². The number of hydrogen-bond acceptors (Lipinski definition) is 1. The van der Waals surface area contributed by atoms with Crippen LogP contribution in [-0.2, 0) is 4.79 Å². The van der Waals surface area contributed by atoms with Gasteiger partial charge in [-0.15, -0.1) is 0 Å². The molecule has 0 aromatic heterocycles. The fourth-order valence-electron chi connectivity index (χ4n) is 2.46. The molecule has 9 heavy (non-hydrogen) atoms. The van der Waals surface area contributed by atoms with E-state index in [1.54, 1.807) is 0 Å². The molecule has 0 heterocycles. The second kappa shape index (κ2) is 1.83. The van der Waals surface area contributed by atoms with Crippen molar-refractivity contribution < 1.29 is 4.79 Å². The smallest absolute Gasteiger partial charge is 0.123 e. The van der Waals surface area contributed by atoms with Crippen molar-refractivity contribution in [1.29, 1.82) is 0 Å². The first kappa shape index (κ1) is 5.45. The summed E-state index contributed by atoms with van der Waals surface area (Å²) in [5, 5.41) is 0. The predicted molar refractivity (Wildman–Crippen MR) is 35.0 cm³/mol. The molecule has 0 aliphatic heterocycles. The molecule has 2 fully saturated rings. The second-order valence-electron chi connectivity index (χ2n) is 3.47. The van der Waals surface area contributed by atoms with Gasteiger partial charge in [0.05, 0.1) is 0 Å². The van der Waals surface area contributed by atoms with Crippen LogP contribution in [0.5, 0.6) is 0 Å². The molecule has 50 valence electrons. The second-order valence-corrected chi connectivity index (χ2v) is 3.47. The molecule has 2 aliphatic carbocycles. The molecule has 2 bridgehead atoms. The molecule has 0 radical (unpaired) electrons. The maximum Gasteiger partial charge on any atom is 0.123 e. The van der Waals surface area contributed by atoms with Crippen molar-refractivity contribution in [3.63, 3.8) is 0 Å². The van der Waals surface area contributed by atoms with E-state index >= 15 is 0 Å². The van der Waals surface area contributed by atoms with E-state index in [-0.39, 0.29) is 0 Å². The first-order valence-electron chi connectivity index (χ1n) is 3.85. The molecular weight excluding hydrogens is 112 g/mol. The summed E-state index contributed by atoms with van der Waals surface area (Å²) >= 11 is 0. The van der Waals surface area contributed by atoms with Gasteiger partial charge < -0.3 is 4.79 Å². The molecule has 1 heteroatoms. The fourth-order valence-corrected chi connectivity index (χ4v) is 2.46. The van der Waals surface area contributed by atoms with Gasteiger partial charge in [0.1, 0.15) is 6.29 Å². The predicted octanol–water partition coefficient (Wildman–Crippen LogP) is 1.62. The van der Waals surface area contributed by atoms with Crippen LogP contribution in [0.2, 0.25) is 0 Å². The van der Waals surface area contributed by atoms with Gasteiger partial charge in [0.25, 0.3) is 0 Å². The molecule has 0 unspecified atom stereocenters. The Morgan fingerprint density at radius 3 is 2.44 bits per heavy atom. The van der Waals surface area contributed by atoms with Crippen molar-refractivity contribution in [2.45, 2.75) is 25.7 Å². The summed E-state index contributed by atoms with van der Waals surface area (Å²) in [5.74, 6) is 2.15. The maximum absolute atomic E-state index is 10.4. The van der Waals surface area contributed by atoms with Crippen LogP contribution in [0.4, 0.5) is 0 Å². The van der Waals surface area contributed by atoms with Gasteiger partial charge in [-0.3, -0.25) is 0 Å². The van der Waals surface area contributed by atoms with Crippen LogP contribution in [0.15, 0.2) is 0 Å². The minimum absolute atomic E-state index is 0.448. The van der Waals surface area contributed by atoms with Crippen molar-refractivity contribution in [2.75, 3.05) is 0 Å². The lowest BCUT2D eigenvalue weighted by Crippen LogP contribution is -2.10. The van der Waals surface area contributed by atoms with Crippen molar-refractivity contribution in [3.8, 4) is 0 Å². The molecule has 0 spiro atoms. The summed E-state index contributed by atoms with van der Waals surface area (Å²) in [5.41, 5.74) is 0. The average Bonchev–Trinajstić information content (AvgIpc) is 2.45. The lowest BCUT2D eigenvalue weighted by Gasteiger charge is -2.14. The zero-order chi connectivity index (χ0) is 6.27. The summed E-state index contributed by atoms with van der Waals surface area (Å²) in [7, 11) is 0. The highest BCUT2D eigenvalue weighted by Gasteiger charge is 2.38. The summed E-state index contributed by atoms with van der Waals surface area (Å²) in [6.45, 7) is 0. The van der Waals surface area contributed by atoms with E-state index in [1.165, 1.54) is 32.0 Å². The first-order chi connectivity index (χ1) is 4.40. The largest absolute Gasteiger partial charge is 0.303 e. The number of hydrogen-bond donors (Lipinski definition) is 0. The molecule has 2 rings (SSSR count). The van der Waals surface area contributed by atoms with Gasteiger partial charge in [-0.1, -0.05) is 6.42 Å². The van der Waals surface area contributed by atoms with Crippen LogP contribution >= 0.6 is 0 Å². The normalized spacial score (nSPS) is 47.8. The van der Waals surface area contributed by atoms with Gasteiger partial charge in [-0.2, -0.15) is 0 Å². The van der Waals surface area contributed by atoms with Crippen molar-refractivity contribution in [3.05, 3.63) is 0 Å². The number of carbonyl (C=O) groups excluding carboxylic acids is 1. The third-order valence-corrected chi connectivity index (χ3v) is 2.97. The highest BCUT2D eigenvalue weighted by Crippen LogP contribution is 2.47. The van der Waals surface area contributed by atoms with Gasteiger partial charge in [0.15, 0.2) is 0 Å². The van der Waals surface area contributed by atoms with Crippen LogP contribution in [-0.4, -0.2) is 6.29 Å². The van der Waals surface area contributed by atoms with Crippen LogP contribution in [0.1, 0.15) is 25.7 Å². The van der Waals surface area contributed by atoms with E-state index < -0.39 is 0 Å². The molecular formula is C8H12O. The van der Waals surface area contributed by atoms with E-state index in [4.69, 9.17) is 0 Å². The third kappa shape index (κ3) is 0.707. The highest BCUT2D eigenvalue weighted by atomic mass is 16.1. The number of carbonyl (C=O) groups is 1. The Kier molecular flexibility index (Phi) is 1.11. The Balaban J connectivity index is 2.09. The molecule has 0 N–H and O–H groups in total. The minimum atomic E-state index is 0.448. The topological polar surface area (TPSA) is 17.1 Å². The lowest BCUT2D eigenvalue weighted by molar-refractivity contribution is -0.112. The van der Waals surface area contributed by atoms with Gasteiger partial charge in [-0.25, -0.2) is 0 Å². The molecule has 2 saturated carbocycles. The fraction of sp³-hybridized carbons (Fsp3) is 0.875. The SMILES string of the molecule is O=C[C@H]1C[C@H]2CC[C@@H]1C2. The van der Waals surface area contributed by atoms with E-state index in [0.717, 1.165) is 11.8 Å². The summed E-state index contributed by atoms with van der Waals surface area (Å²) < 4.78 is 0. The van der Waals surface area contributed by atoms with Crippen LogP contribution in [0.25, 0.3) is 0 Å². The molecule has 1 nitrogen and oxygen atoms in total. The van der Waals surface area contributed by atoms with Crippen molar-refractivity contribution in [1.82, 2.24) is 0 Å². The highest BCUT2D eigenvalue weighted by molar-refractivity contribution is 5.55.